The second-order valence-corrected chi connectivity index (χ2v) is 1.87. The van der Waals surface area contributed by atoms with Crippen molar-refractivity contribution in [2.45, 2.75) is 20.8 Å². The molecule has 0 aliphatic heterocycles. The van der Waals surface area contributed by atoms with E-state index in [1.807, 2.05) is 20.8 Å². The van der Waals surface area contributed by atoms with E-state index in [0.29, 0.717) is 5.82 Å². The van der Waals surface area contributed by atoms with Crippen LogP contribution in [-0.2, 0) is 0 Å². The van der Waals surface area contributed by atoms with Crippen molar-refractivity contribution in [2.24, 2.45) is 0 Å². The van der Waals surface area contributed by atoms with Crippen molar-refractivity contribution < 1.29 is 0 Å². The lowest BCUT2D eigenvalue weighted by Gasteiger charge is -1.74. The van der Waals surface area contributed by atoms with Crippen LogP contribution in [0.5, 0.6) is 0 Å². The van der Waals surface area contributed by atoms with Crippen LogP contribution in [0.25, 0.3) is 6.08 Å². The number of aromatic amines is 1. The molecule has 66 valence electrons. The lowest BCUT2D eigenvalue weighted by molar-refractivity contribution is 1.03. The minimum atomic E-state index is 0.692. The summed E-state index contributed by atoms with van der Waals surface area (Å²) in [4.78, 5) is 4.05. The van der Waals surface area contributed by atoms with Crippen LogP contribution in [0.15, 0.2) is 18.7 Å². The molecule has 0 spiro atoms. The van der Waals surface area contributed by atoms with Gasteiger partial charge in [0.15, 0.2) is 5.82 Å². The molecule has 1 heterocycles. The Morgan fingerprint density at radius 3 is 2.50 bits per heavy atom. The predicted octanol–water partition coefficient (Wildman–Crippen LogP) is 2.34. The van der Waals surface area contributed by atoms with Gasteiger partial charge in [0.25, 0.3) is 0 Å². The van der Waals surface area contributed by atoms with Gasteiger partial charge in [-0.1, -0.05) is 32.6 Å². The number of hydrogen-bond donors (Lipinski definition) is 1. The van der Waals surface area contributed by atoms with Gasteiger partial charge in [0, 0.05) is 0 Å². The van der Waals surface area contributed by atoms with E-state index in [9.17, 15) is 0 Å². The van der Waals surface area contributed by atoms with Crippen molar-refractivity contribution in [2.75, 3.05) is 0 Å². The summed E-state index contributed by atoms with van der Waals surface area (Å²) in [5, 5.41) is 6.61. The number of nitrogens with zero attached hydrogens (tertiary/aromatic N) is 2. The molecule has 1 N–H and O–H groups in total. The minimum absolute atomic E-state index is 0.692. The Hall–Kier alpha value is -1.38. The van der Waals surface area contributed by atoms with E-state index in [0.717, 1.165) is 5.82 Å². The van der Waals surface area contributed by atoms with Gasteiger partial charge in [-0.05, 0) is 13.0 Å². The van der Waals surface area contributed by atoms with Gasteiger partial charge < -0.3 is 0 Å². The van der Waals surface area contributed by atoms with E-state index in [4.69, 9.17) is 0 Å². The number of H-pyrrole nitrogens is 1. The maximum Gasteiger partial charge on any atom is 0.173 e. The summed E-state index contributed by atoms with van der Waals surface area (Å²) >= 11 is 0. The molecular weight excluding hydrogens is 150 g/mol. The van der Waals surface area contributed by atoms with Gasteiger partial charge in [-0.3, -0.25) is 5.10 Å². The first-order valence-electron chi connectivity index (χ1n) is 4.01. The summed E-state index contributed by atoms with van der Waals surface area (Å²) in [6.45, 7) is 9.39. The van der Waals surface area contributed by atoms with Crippen LogP contribution in [0.4, 0.5) is 0 Å². The molecule has 0 aliphatic carbocycles. The fourth-order valence-electron chi connectivity index (χ4n) is 0.589. The smallest absolute Gasteiger partial charge is 0.173 e. The summed E-state index contributed by atoms with van der Waals surface area (Å²) in [5.41, 5.74) is 0. The number of nitrogens with one attached hydrogen (secondary N) is 1. The van der Waals surface area contributed by atoms with Gasteiger partial charge in [0.2, 0.25) is 0 Å². The average Bonchev–Trinajstić information content (AvgIpc) is 2.51. The fraction of sp³-hybridized carbons (Fsp3) is 0.333. The van der Waals surface area contributed by atoms with Crippen molar-refractivity contribution in [3.63, 3.8) is 0 Å². The van der Waals surface area contributed by atoms with Crippen LogP contribution in [0.2, 0.25) is 0 Å². The third-order valence-corrected chi connectivity index (χ3v) is 0.996. The van der Waals surface area contributed by atoms with Crippen LogP contribution in [0, 0.1) is 6.92 Å². The van der Waals surface area contributed by atoms with Crippen LogP contribution in [0.1, 0.15) is 25.5 Å². The first-order chi connectivity index (χ1) is 5.83. The zero-order chi connectivity index (χ0) is 9.40. The molecule has 1 aromatic rings. The maximum atomic E-state index is 4.05. The van der Waals surface area contributed by atoms with Crippen molar-refractivity contribution in [3.05, 3.63) is 30.4 Å². The van der Waals surface area contributed by atoms with Gasteiger partial charge in [-0.15, -0.1) is 0 Å². The number of aromatic nitrogens is 3. The standard InChI is InChI=1S/C7H9N3.C2H6/c1-3-4-5-7-8-6(2)9-10-7;1-2/h3-5H,1H2,2H3,(H,8,9,10);1-2H3/b5-4-;. The van der Waals surface area contributed by atoms with Gasteiger partial charge in [-0.2, -0.15) is 5.10 Å². The number of aryl methyl sites for hydroxylation is 1. The van der Waals surface area contributed by atoms with Crippen molar-refractivity contribution >= 4 is 6.08 Å². The summed E-state index contributed by atoms with van der Waals surface area (Å²) in [6, 6.07) is 0. The highest BCUT2D eigenvalue weighted by atomic mass is 15.2. The molecule has 12 heavy (non-hydrogen) atoms. The van der Waals surface area contributed by atoms with Crippen molar-refractivity contribution in [3.8, 4) is 0 Å². The largest absolute Gasteiger partial charge is 0.263 e. The third-order valence-electron chi connectivity index (χ3n) is 0.996. The molecule has 0 bridgehead atoms. The van der Waals surface area contributed by atoms with E-state index >= 15 is 0 Å². The average molecular weight is 165 g/mol. The van der Waals surface area contributed by atoms with Crippen LogP contribution < -0.4 is 0 Å². The Labute approximate surface area is 73.2 Å². The SMILES string of the molecule is C=C/C=C\c1n[nH]c(C)n1.CC. The van der Waals surface area contributed by atoms with Gasteiger partial charge in [0.05, 0.1) is 0 Å². The predicted molar refractivity (Wildman–Crippen MR) is 51.7 cm³/mol. The molecule has 0 radical (unpaired) electrons. The number of rotatable bonds is 2. The molecule has 0 aromatic carbocycles. The van der Waals surface area contributed by atoms with Gasteiger partial charge in [-0.25, -0.2) is 4.98 Å². The van der Waals surface area contributed by atoms with E-state index in [1.165, 1.54) is 0 Å². The number of allylic oxidation sites excluding steroid dienone is 2. The van der Waals surface area contributed by atoms with E-state index < -0.39 is 0 Å². The Morgan fingerprint density at radius 2 is 2.08 bits per heavy atom. The molecule has 3 heteroatoms. The van der Waals surface area contributed by atoms with Crippen LogP contribution in [-0.4, -0.2) is 15.2 Å². The van der Waals surface area contributed by atoms with E-state index in [1.54, 1.807) is 18.2 Å². The van der Waals surface area contributed by atoms with Crippen molar-refractivity contribution in [1.82, 2.24) is 15.2 Å². The Balaban J connectivity index is 0.000000561. The number of hydrogen-bond acceptors (Lipinski definition) is 2. The lowest BCUT2D eigenvalue weighted by atomic mass is 10.5. The molecule has 0 saturated carbocycles. The molecule has 0 unspecified atom stereocenters. The molecule has 0 aliphatic rings. The normalized spacial score (nSPS) is 9.25. The maximum absolute atomic E-state index is 4.05. The molecule has 0 saturated heterocycles. The first-order valence-corrected chi connectivity index (χ1v) is 4.01. The second kappa shape index (κ2) is 6.34. The van der Waals surface area contributed by atoms with Gasteiger partial charge in [0.1, 0.15) is 5.82 Å². The zero-order valence-corrected chi connectivity index (χ0v) is 7.83. The van der Waals surface area contributed by atoms with Gasteiger partial charge >= 0.3 is 0 Å². The monoisotopic (exact) mass is 165 g/mol. The Morgan fingerprint density at radius 1 is 1.42 bits per heavy atom. The topological polar surface area (TPSA) is 41.6 Å². The van der Waals surface area contributed by atoms with E-state index in [2.05, 4.69) is 21.8 Å². The molecule has 1 aromatic heterocycles. The molecule has 3 nitrogen and oxygen atoms in total. The Bertz CT molecular complexity index is 248. The highest BCUT2D eigenvalue weighted by molar-refractivity contribution is 5.41. The zero-order valence-electron chi connectivity index (χ0n) is 7.83. The molecule has 0 amide bonds. The summed E-state index contributed by atoms with van der Waals surface area (Å²) in [6.07, 6.45) is 5.27. The quantitative estimate of drug-likeness (QED) is 0.683. The third kappa shape index (κ3) is 3.71. The summed E-state index contributed by atoms with van der Waals surface area (Å²) in [7, 11) is 0. The minimum Gasteiger partial charge on any atom is -0.263 e. The second-order valence-electron chi connectivity index (χ2n) is 1.87. The molecule has 1 rings (SSSR count). The van der Waals surface area contributed by atoms with Crippen LogP contribution in [0.3, 0.4) is 0 Å². The highest BCUT2D eigenvalue weighted by Crippen LogP contribution is 1.92. The molecule has 0 fully saturated rings. The molecule has 0 atom stereocenters. The first kappa shape index (κ1) is 10.6. The Kier molecular flexibility index (Phi) is 5.61. The molecular formula is C9H15N3. The van der Waals surface area contributed by atoms with Crippen LogP contribution >= 0.6 is 0 Å². The highest BCUT2D eigenvalue weighted by Gasteiger charge is 1.90. The van der Waals surface area contributed by atoms with E-state index in [-0.39, 0.29) is 0 Å². The fourth-order valence-corrected chi connectivity index (χ4v) is 0.589. The van der Waals surface area contributed by atoms with Crippen molar-refractivity contribution in [1.29, 1.82) is 0 Å². The lowest BCUT2D eigenvalue weighted by Crippen LogP contribution is -1.72. The summed E-state index contributed by atoms with van der Waals surface area (Å²) in [5.74, 6) is 1.51. The summed E-state index contributed by atoms with van der Waals surface area (Å²) < 4.78 is 0.